The summed E-state index contributed by atoms with van der Waals surface area (Å²) in [5, 5.41) is 0. The minimum Gasteiger partial charge on any atom is -0.454 e. The number of amides is 1. The third-order valence-electron chi connectivity index (χ3n) is 4.44. The number of fused-ring (bicyclic) bond motifs is 1. The molecule has 0 aliphatic carbocycles. The lowest BCUT2D eigenvalue weighted by Crippen LogP contribution is -2.26. The first-order valence-corrected chi connectivity index (χ1v) is 8.50. The Labute approximate surface area is 152 Å². The monoisotopic (exact) mass is 345 g/mol. The van der Waals surface area contributed by atoms with E-state index in [9.17, 15) is 4.79 Å². The Morgan fingerprint density at radius 3 is 2.35 bits per heavy atom. The summed E-state index contributed by atoms with van der Waals surface area (Å²) in [5.74, 6) is 1.47. The van der Waals surface area contributed by atoms with Crippen LogP contribution in [0, 0.1) is 0 Å². The van der Waals surface area contributed by atoms with Crippen LogP contribution in [0.25, 0.3) is 11.1 Å². The largest absolute Gasteiger partial charge is 0.454 e. The van der Waals surface area contributed by atoms with Crippen molar-refractivity contribution in [2.24, 2.45) is 0 Å². The zero-order chi connectivity index (χ0) is 17.9. The predicted molar refractivity (Wildman–Crippen MR) is 100 cm³/mol. The molecular formula is C22H19NO3. The van der Waals surface area contributed by atoms with Crippen molar-refractivity contribution >= 4 is 5.91 Å². The molecular weight excluding hydrogens is 326 g/mol. The fraction of sp³-hybridized carbons (Fsp3) is 0.136. The average Bonchev–Trinajstić information content (AvgIpc) is 3.16. The van der Waals surface area contributed by atoms with Gasteiger partial charge in [-0.25, -0.2) is 0 Å². The van der Waals surface area contributed by atoms with Crippen LogP contribution in [0.5, 0.6) is 11.5 Å². The summed E-state index contributed by atoms with van der Waals surface area (Å²) < 4.78 is 10.7. The number of carbonyl (C=O) groups excluding carboxylic acids is 1. The molecule has 3 aromatic carbocycles. The number of hydrogen-bond donors (Lipinski definition) is 0. The number of hydrogen-bond acceptors (Lipinski definition) is 3. The first-order valence-electron chi connectivity index (χ1n) is 8.50. The standard InChI is InChI=1S/C22H19NO3/c1-23(14-16-7-12-20-21(13-16)26-15-25-20)22(24)19-10-8-18(9-11-19)17-5-3-2-4-6-17/h2-13H,14-15H2,1H3. The van der Waals surface area contributed by atoms with E-state index in [1.807, 2.05) is 60.7 Å². The van der Waals surface area contributed by atoms with Crippen molar-refractivity contribution in [1.82, 2.24) is 4.90 Å². The van der Waals surface area contributed by atoms with E-state index in [-0.39, 0.29) is 12.7 Å². The molecule has 4 rings (SSSR count). The van der Waals surface area contributed by atoms with Crippen molar-refractivity contribution in [3.8, 4) is 22.6 Å². The molecule has 4 heteroatoms. The van der Waals surface area contributed by atoms with Gasteiger partial charge in [0.1, 0.15) is 0 Å². The maximum atomic E-state index is 12.7. The molecule has 130 valence electrons. The van der Waals surface area contributed by atoms with Gasteiger partial charge in [0.05, 0.1) is 0 Å². The van der Waals surface area contributed by atoms with Gasteiger partial charge < -0.3 is 14.4 Å². The van der Waals surface area contributed by atoms with Crippen LogP contribution >= 0.6 is 0 Å². The van der Waals surface area contributed by atoms with Gasteiger partial charge >= 0.3 is 0 Å². The maximum absolute atomic E-state index is 12.7. The highest BCUT2D eigenvalue weighted by Crippen LogP contribution is 2.32. The minimum atomic E-state index is -0.0118. The smallest absolute Gasteiger partial charge is 0.253 e. The van der Waals surface area contributed by atoms with E-state index in [1.54, 1.807) is 11.9 Å². The second-order valence-corrected chi connectivity index (χ2v) is 6.29. The van der Waals surface area contributed by atoms with Gasteiger partial charge in [-0.05, 0) is 41.0 Å². The van der Waals surface area contributed by atoms with Gasteiger partial charge in [0.25, 0.3) is 5.91 Å². The predicted octanol–water partition coefficient (Wildman–Crippen LogP) is 4.35. The molecule has 1 heterocycles. The van der Waals surface area contributed by atoms with E-state index in [0.29, 0.717) is 12.1 Å². The van der Waals surface area contributed by atoms with Crippen LogP contribution in [0.15, 0.2) is 72.8 Å². The molecule has 0 bridgehead atoms. The van der Waals surface area contributed by atoms with Gasteiger partial charge in [0, 0.05) is 19.2 Å². The SMILES string of the molecule is CN(Cc1ccc2c(c1)OCO2)C(=O)c1ccc(-c2ccccc2)cc1. The first-order chi connectivity index (χ1) is 12.7. The Kier molecular flexibility index (Phi) is 4.32. The van der Waals surface area contributed by atoms with Crippen molar-refractivity contribution in [3.63, 3.8) is 0 Å². The Bertz CT molecular complexity index is 920. The van der Waals surface area contributed by atoms with Crippen molar-refractivity contribution < 1.29 is 14.3 Å². The van der Waals surface area contributed by atoms with Crippen molar-refractivity contribution in [3.05, 3.63) is 83.9 Å². The molecule has 0 N–H and O–H groups in total. The Balaban J connectivity index is 1.46. The Morgan fingerprint density at radius 1 is 0.885 bits per heavy atom. The van der Waals surface area contributed by atoms with Gasteiger partial charge in [0.2, 0.25) is 6.79 Å². The second-order valence-electron chi connectivity index (χ2n) is 6.29. The molecule has 1 aliphatic heterocycles. The summed E-state index contributed by atoms with van der Waals surface area (Å²) >= 11 is 0. The number of nitrogens with zero attached hydrogens (tertiary/aromatic N) is 1. The summed E-state index contributed by atoms with van der Waals surface area (Å²) in [6.45, 7) is 0.761. The third kappa shape index (κ3) is 3.26. The van der Waals surface area contributed by atoms with Gasteiger partial charge in [-0.2, -0.15) is 0 Å². The zero-order valence-corrected chi connectivity index (χ0v) is 14.5. The van der Waals surface area contributed by atoms with E-state index < -0.39 is 0 Å². The second kappa shape index (κ2) is 6.92. The maximum Gasteiger partial charge on any atom is 0.253 e. The van der Waals surface area contributed by atoms with E-state index in [1.165, 1.54) is 0 Å². The Hall–Kier alpha value is -3.27. The molecule has 0 aromatic heterocycles. The fourth-order valence-electron chi connectivity index (χ4n) is 3.04. The summed E-state index contributed by atoms with van der Waals surface area (Å²) in [6.07, 6.45) is 0. The normalized spacial score (nSPS) is 12.0. The van der Waals surface area contributed by atoms with Crippen LogP contribution in [0.1, 0.15) is 15.9 Å². The Morgan fingerprint density at radius 2 is 1.58 bits per heavy atom. The summed E-state index contributed by atoms with van der Waals surface area (Å²) in [6, 6.07) is 23.6. The molecule has 0 saturated heterocycles. The number of benzene rings is 3. The number of rotatable bonds is 4. The third-order valence-corrected chi connectivity index (χ3v) is 4.44. The van der Waals surface area contributed by atoms with Crippen molar-refractivity contribution in [2.75, 3.05) is 13.8 Å². The molecule has 26 heavy (non-hydrogen) atoms. The lowest BCUT2D eigenvalue weighted by molar-refractivity contribution is 0.0785. The topological polar surface area (TPSA) is 38.8 Å². The quantitative estimate of drug-likeness (QED) is 0.705. The first kappa shape index (κ1) is 16.2. The van der Waals surface area contributed by atoms with E-state index >= 15 is 0 Å². The van der Waals surface area contributed by atoms with Gasteiger partial charge in [-0.3, -0.25) is 4.79 Å². The zero-order valence-electron chi connectivity index (χ0n) is 14.5. The molecule has 4 nitrogen and oxygen atoms in total. The molecule has 0 fully saturated rings. The van der Waals surface area contributed by atoms with Crippen LogP contribution in [0.4, 0.5) is 0 Å². The fourth-order valence-corrected chi connectivity index (χ4v) is 3.04. The highest BCUT2D eigenvalue weighted by Gasteiger charge is 2.16. The van der Waals surface area contributed by atoms with Crippen molar-refractivity contribution in [2.45, 2.75) is 6.54 Å². The van der Waals surface area contributed by atoms with Crippen LogP contribution in [-0.2, 0) is 6.54 Å². The molecule has 0 atom stereocenters. The summed E-state index contributed by atoms with van der Waals surface area (Å²) in [4.78, 5) is 14.4. The van der Waals surface area contributed by atoms with Gasteiger partial charge in [0.15, 0.2) is 11.5 Å². The van der Waals surface area contributed by atoms with Gasteiger partial charge in [-0.15, -0.1) is 0 Å². The molecule has 0 saturated carbocycles. The molecule has 1 aliphatic rings. The number of carbonyl (C=O) groups is 1. The molecule has 0 spiro atoms. The van der Waals surface area contributed by atoms with E-state index in [0.717, 1.165) is 28.2 Å². The van der Waals surface area contributed by atoms with Crippen LogP contribution < -0.4 is 9.47 Å². The van der Waals surface area contributed by atoms with Crippen LogP contribution in [-0.4, -0.2) is 24.6 Å². The van der Waals surface area contributed by atoms with Crippen molar-refractivity contribution in [1.29, 1.82) is 0 Å². The highest BCUT2D eigenvalue weighted by atomic mass is 16.7. The lowest BCUT2D eigenvalue weighted by Gasteiger charge is -2.18. The molecule has 0 unspecified atom stereocenters. The van der Waals surface area contributed by atoms with E-state index in [4.69, 9.17) is 9.47 Å². The van der Waals surface area contributed by atoms with Crippen LogP contribution in [0.3, 0.4) is 0 Å². The average molecular weight is 345 g/mol. The summed E-state index contributed by atoms with van der Waals surface area (Å²) in [7, 11) is 1.80. The molecule has 1 amide bonds. The molecule has 0 radical (unpaired) electrons. The summed E-state index contributed by atoms with van der Waals surface area (Å²) in [5.41, 5.74) is 3.92. The highest BCUT2D eigenvalue weighted by molar-refractivity contribution is 5.94. The van der Waals surface area contributed by atoms with Crippen LogP contribution in [0.2, 0.25) is 0 Å². The lowest BCUT2D eigenvalue weighted by atomic mass is 10.0. The molecule has 3 aromatic rings. The van der Waals surface area contributed by atoms with E-state index in [2.05, 4.69) is 12.1 Å². The number of ether oxygens (including phenoxy) is 2. The minimum absolute atomic E-state index is 0.0118. The van der Waals surface area contributed by atoms with Gasteiger partial charge in [-0.1, -0.05) is 48.5 Å².